The highest BCUT2D eigenvalue weighted by Gasteiger charge is 2.31. The molecule has 0 aliphatic carbocycles. The standard InChI is InChI=1S/C12H24N2O2/c1-15-11-2-6-14(7-3-11)10-12(13)4-8-16-9-5-12/h11H,2-10,13H2,1H3. The van der Waals surface area contributed by atoms with Crippen LogP contribution in [-0.4, -0.2) is 56.5 Å². The van der Waals surface area contributed by atoms with Crippen LogP contribution in [0.3, 0.4) is 0 Å². The number of likely N-dealkylation sites (tertiary alicyclic amines) is 1. The smallest absolute Gasteiger partial charge is 0.0595 e. The second-order valence-corrected chi connectivity index (χ2v) is 5.19. The van der Waals surface area contributed by atoms with Crippen LogP contribution in [0.2, 0.25) is 0 Å². The number of hydrogen-bond donors (Lipinski definition) is 1. The summed E-state index contributed by atoms with van der Waals surface area (Å²) in [6.07, 6.45) is 4.74. The molecular weight excluding hydrogens is 204 g/mol. The van der Waals surface area contributed by atoms with Crippen LogP contribution in [0.4, 0.5) is 0 Å². The Kier molecular flexibility index (Phi) is 4.19. The third kappa shape index (κ3) is 3.17. The maximum atomic E-state index is 6.40. The Morgan fingerprint density at radius 1 is 1.31 bits per heavy atom. The van der Waals surface area contributed by atoms with Gasteiger partial charge in [0.1, 0.15) is 0 Å². The van der Waals surface area contributed by atoms with Gasteiger partial charge < -0.3 is 20.1 Å². The van der Waals surface area contributed by atoms with Crippen LogP contribution in [0.25, 0.3) is 0 Å². The first-order chi connectivity index (χ1) is 7.72. The van der Waals surface area contributed by atoms with Gasteiger partial charge in [0.05, 0.1) is 6.10 Å². The summed E-state index contributed by atoms with van der Waals surface area (Å²) < 4.78 is 10.7. The molecular formula is C12H24N2O2. The summed E-state index contributed by atoms with van der Waals surface area (Å²) >= 11 is 0. The maximum Gasteiger partial charge on any atom is 0.0595 e. The van der Waals surface area contributed by atoms with Gasteiger partial charge in [0.25, 0.3) is 0 Å². The van der Waals surface area contributed by atoms with Crippen molar-refractivity contribution in [2.45, 2.75) is 37.3 Å². The van der Waals surface area contributed by atoms with Gasteiger partial charge in [-0.05, 0) is 25.7 Å². The topological polar surface area (TPSA) is 47.7 Å². The Balaban J connectivity index is 1.77. The summed E-state index contributed by atoms with van der Waals surface area (Å²) in [6.45, 7) is 4.92. The van der Waals surface area contributed by atoms with E-state index in [0.29, 0.717) is 6.10 Å². The average Bonchev–Trinajstić information content (AvgIpc) is 2.30. The molecule has 0 atom stereocenters. The van der Waals surface area contributed by atoms with Crippen molar-refractivity contribution in [2.75, 3.05) is 40.0 Å². The molecule has 0 aromatic heterocycles. The van der Waals surface area contributed by atoms with Crippen molar-refractivity contribution < 1.29 is 9.47 Å². The number of nitrogens with two attached hydrogens (primary N) is 1. The van der Waals surface area contributed by atoms with Crippen molar-refractivity contribution in [1.29, 1.82) is 0 Å². The molecule has 16 heavy (non-hydrogen) atoms. The lowest BCUT2D eigenvalue weighted by Gasteiger charge is -2.40. The summed E-state index contributed by atoms with van der Waals surface area (Å²) in [4.78, 5) is 2.49. The van der Waals surface area contributed by atoms with E-state index in [-0.39, 0.29) is 5.54 Å². The number of rotatable bonds is 3. The van der Waals surface area contributed by atoms with Crippen LogP contribution in [-0.2, 0) is 9.47 Å². The molecule has 0 bridgehead atoms. The fraction of sp³-hybridized carbons (Fsp3) is 1.00. The summed E-state index contributed by atoms with van der Waals surface area (Å²) in [7, 11) is 1.81. The zero-order valence-corrected chi connectivity index (χ0v) is 10.3. The first-order valence-corrected chi connectivity index (χ1v) is 6.34. The molecule has 2 rings (SSSR count). The highest BCUT2D eigenvalue weighted by molar-refractivity contribution is 4.90. The largest absolute Gasteiger partial charge is 0.381 e. The Morgan fingerprint density at radius 2 is 1.94 bits per heavy atom. The van der Waals surface area contributed by atoms with Crippen LogP contribution in [0, 0.1) is 0 Å². The number of ether oxygens (including phenoxy) is 2. The molecule has 0 spiro atoms. The fourth-order valence-electron chi connectivity index (χ4n) is 2.68. The van der Waals surface area contributed by atoms with Gasteiger partial charge in [-0.15, -0.1) is 0 Å². The van der Waals surface area contributed by atoms with Gasteiger partial charge in [-0.25, -0.2) is 0 Å². The van der Waals surface area contributed by atoms with Crippen molar-refractivity contribution in [3.05, 3.63) is 0 Å². The molecule has 2 heterocycles. The van der Waals surface area contributed by atoms with E-state index in [1.807, 2.05) is 7.11 Å². The van der Waals surface area contributed by atoms with E-state index in [9.17, 15) is 0 Å². The molecule has 0 unspecified atom stereocenters. The lowest BCUT2D eigenvalue weighted by Crippen LogP contribution is -2.55. The summed E-state index contributed by atoms with van der Waals surface area (Å²) in [5.41, 5.74) is 6.39. The summed E-state index contributed by atoms with van der Waals surface area (Å²) in [5.74, 6) is 0. The van der Waals surface area contributed by atoms with Crippen molar-refractivity contribution in [3.63, 3.8) is 0 Å². The van der Waals surface area contributed by atoms with E-state index in [1.165, 1.54) is 0 Å². The molecule has 2 N–H and O–H groups in total. The summed E-state index contributed by atoms with van der Waals surface area (Å²) in [6, 6.07) is 0. The molecule has 0 saturated carbocycles. The second kappa shape index (κ2) is 5.45. The molecule has 0 radical (unpaired) electrons. The normalized spacial score (nSPS) is 28.1. The number of hydrogen-bond acceptors (Lipinski definition) is 4. The van der Waals surface area contributed by atoms with Crippen molar-refractivity contribution in [3.8, 4) is 0 Å². The number of nitrogens with zero attached hydrogens (tertiary/aromatic N) is 1. The van der Waals surface area contributed by atoms with Crippen LogP contribution >= 0.6 is 0 Å². The van der Waals surface area contributed by atoms with E-state index in [1.54, 1.807) is 0 Å². The van der Waals surface area contributed by atoms with Gasteiger partial charge in [-0.1, -0.05) is 0 Å². The first kappa shape index (κ1) is 12.3. The molecule has 0 amide bonds. The Bertz CT molecular complexity index is 209. The van der Waals surface area contributed by atoms with Crippen LogP contribution in [0.1, 0.15) is 25.7 Å². The van der Waals surface area contributed by atoms with E-state index in [0.717, 1.165) is 58.5 Å². The van der Waals surface area contributed by atoms with Crippen molar-refractivity contribution >= 4 is 0 Å². The minimum atomic E-state index is -0.0157. The molecule has 2 saturated heterocycles. The van der Waals surface area contributed by atoms with Crippen molar-refractivity contribution in [1.82, 2.24) is 4.90 Å². The molecule has 4 nitrogen and oxygen atoms in total. The molecule has 2 aliphatic rings. The molecule has 2 fully saturated rings. The summed E-state index contributed by atoms with van der Waals surface area (Å²) in [5, 5.41) is 0. The SMILES string of the molecule is COC1CCN(CC2(N)CCOCC2)CC1. The molecule has 0 aromatic rings. The van der Waals surface area contributed by atoms with Crippen LogP contribution in [0.15, 0.2) is 0 Å². The molecule has 94 valence electrons. The Morgan fingerprint density at radius 3 is 2.50 bits per heavy atom. The highest BCUT2D eigenvalue weighted by atomic mass is 16.5. The van der Waals surface area contributed by atoms with Crippen LogP contribution in [0.5, 0.6) is 0 Å². The van der Waals surface area contributed by atoms with Gasteiger partial charge in [0.2, 0.25) is 0 Å². The third-order valence-corrected chi connectivity index (χ3v) is 3.90. The molecule has 2 aliphatic heterocycles. The molecule has 4 heteroatoms. The maximum absolute atomic E-state index is 6.40. The Labute approximate surface area is 98.1 Å². The zero-order valence-electron chi connectivity index (χ0n) is 10.3. The van der Waals surface area contributed by atoms with E-state index in [4.69, 9.17) is 15.2 Å². The van der Waals surface area contributed by atoms with E-state index >= 15 is 0 Å². The lowest BCUT2D eigenvalue weighted by molar-refractivity contribution is 0.0106. The highest BCUT2D eigenvalue weighted by Crippen LogP contribution is 2.21. The predicted octanol–water partition coefficient (Wildman–Crippen LogP) is 0.605. The van der Waals surface area contributed by atoms with Gasteiger partial charge in [-0.3, -0.25) is 0 Å². The predicted molar refractivity (Wildman–Crippen MR) is 63.4 cm³/mol. The third-order valence-electron chi connectivity index (χ3n) is 3.90. The average molecular weight is 228 g/mol. The minimum absolute atomic E-state index is 0.0157. The molecule has 0 aromatic carbocycles. The fourth-order valence-corrected chi connectivity index (χ4v) is 2.68. The quantitative estimate of drug-likeness (QED) is 0.768. The zero-order chi connectivity index (χ0) is 11.4. The van der Waals surface area contributed by atoms with Gasteiger partial charge in [0, 0.05) is 45.5 Å². The van der Waals surface area contributed by atoms with Gasteiger partial charge >= 0.3 is 0 Å². The number of methoxy groups -OCH3 is 1. The van der Waals surface area contributed by atoms with Crippen molar-refractivity contribution in [2.24, 2.45) is 5.73 Å². The van der Waals surface area contributed by atoms with Gasteiger partial charge in [-0.2, -0.15) is 0 Å². The monoisotopic (exact) mass is 228 g/mol. The van der Waals surface area contributed by atoms with E-state index in [2.05, 4.69) is 4.90 Å². The van der Waals surface area contributed by atoms with Gasteiger partial charge in [0.15, 0.2) is 0 Å². The van der Waals surface area contributed by atoms with Crippen LogP contribution < -0.4 is 5.73 Å². The van der Waals surface area contributed by atoms with E-state index < -0.39 is 0 Å². The number of piperidine rings is 1. The second-order valence-electron chi connectivity index (χ2n) is 5.19. The first-order valence-electron chi connectivity index (χ1n) is 6.34. The lowest BCUT2D eigenvalue weighted by atomic mass is 9.90. The Hall–Kier alpha value is -0.160. The minimum Gasteiger partial charge on any atom is -0.381 e.